The maximum absolute atomic E-state index is 4.56. The molecule has 4 aromatic rings. The van der Waals surface area contributed by atoms with Gasteiger partial charge in [0, 0.05) is 29.0 Å². The summed E-state index contributed by atoms with van der Waals surface area (Å²) in [5, 5.41) is 14.0. The summed E-state index contributed by atoms with van der Waals surface area (Å²) in [4.78, 5) is 8.12. The van der Waals surface area contributed by atoms with Gasteiger partial charge >= 0.3 is 0 Å². The molecule has 0 N–H and O–H groups in total. The number of aryl methyl sites for hydroxylation is 1. The van der Waals surface area contributed by atoms with E-state index < -0.39 is 0 Å². The minimum absolute atomic E-state index is 0.710. The Kier molecular flexibility index (Phi) is 4.33. The SMILES string of the molecule is C=C(c1ccc(-c2cccs2)cc1)N1CCn2c(nnc2-c2csc(C)n2)C1. The van der Waals surface area contributed by atoms with Crippen LogP contribution in [0.25, 0.3) is 27.7 Å². The highest BCUT2D eigenvalue weighted by Crippen LogP contribution is 2.29. The second kappa shape index (κ2) is 7.00. The molecule has 4 heterocycles. The predicted octanol–water partition coefficient (Wildman–Crippen LogP) is 4.93. The van der Waals surface area contributed by atoms with Crippen molar-refractivity contribution in [3.8, 4) is 22.0 Å². The molecule has 5 nitrogen and oxygen atoms in total. The molecule has 0 unspecified atom stereocenters. The summed E-state index contributed by atoms with van der Waals surface area (Å²) in [5.41, 5.74) is 4.33. The Hall–Kier alpha value is -2.77. The molecule has 0 aliphatic carbocycles. The minimum Gasteiger partial charge on any atom is -0.362 e. The van der Waals surface area contributed by atoms with Gasteiger partial charge in [-0.15, -0.1) is 32.9 Å². The fraction of sp³-hybridized carbons (Fsp3) is 0.190. The molecule has 0 bridgehead atoms. The molecule has 0 saturated carbocycles. The number of rotatable bonds is 4. The van der Waals surface area contributed by atoms with Gasteiger partial charge in [-0.2, -0.15) is 0 Å². The summed E-state index contributed by atoms with van der Waals surface area (Å²) in [6.07, 6.45) is 0. The van der Waals surface area contributed by atoms with Crippen LogP contribution in [-0.2, 0) is 13.1 Å². The number of hydrogen-bond acceptors (Lipinski definition) is 6. The first-order valence-corrected chi connectivity index (χ1v) is 10.9. The van der Waals surface area contributed by atoms with Gasteiger partial charge in [0.25, 0.3) is 0 Å². The molecule has 0 saturated heterocycles. The van der Waals surface area contributed by atoms with Crippen molar-refractivity contribution in [1.82, 2.24) is 24.6 Å². The third-order valence-corrected chi connectivity index (χ3v) is 6.70. The molecule has 1 aromatic carbocycles. The lowest BCUT2D eigenvalue weighted by atomic mass is 10.1. The van der Waals surface area contributed by atoms with E-state index in [2.05, 4.69) is 73.0 Å². The maximum atomic E-state index is 4.56. The third-order valence-electron chi connectivity index (χ3n) is 5.01. The lowest BCUT2D eigenvalue weighted by Crippen LogP contribution is -2.32. The molecule has 0 spiro atoms. The van der Waals surface area contributed by atoms with E-state index in [1.807, 2.05) is 12.3 Å². The van der Waals surface area contributed by atoms with Crippen LogP contribution in [0.1, 0.15) is 16.4 Å². The molecule has 1 aliphatic heterocycles. The van der Waals surface area contributed by atoms with Crippen molar-refractivity contribution in [2.75, 3.05) is 6.54 Å². The lowest BCUT2D eigenvalue weighted by molar-refractivity contribution is 0.315. The maximum Gasteiger partial charge on any atom is 0.183 e. The van der Waals surface area contributed by atoms with Crippen LogP contribution in [0.4, 0.5) is 0 Å². The van der Waals surface area contributed by atoms with Gasteiger partial charge in [0.2, 0.25) is 0 Å². The molecular formula is C21H19N5S2. The van der Waals surface area contributed by atoms with Crippen molar-refractivity contribution < 1.29 is 0 Å². The smallest absolute Gasteiger partial charge is 0.183 e. The molecule has 5 rings (SSSR count). The zero-order valence-corrected chi connectivity index (χ0v) is 17.1. The van der Waals surface area contributed by atoms with E-state index >= 15 is 0 Å². The summed E-state index contributed by atoms with van der Waals surface area (Å²) < 4.78 is 2.18. The van der Waals surface area contributed by atoms with Gasteiger partial charge in [0.15, 0.2) is 11.6 Å². The van der Waals surface area contributed by atoms with Gasteiger partial charge < -0.3 is 9.47 Å². The molecule has 1 aliphatic rings. The highest BCUT2D eigenvalue weighted by molar-refractivity contribution is 7.13. The Balaban J connectivity index is 1.35. The molecule has 140 valence electrons. The fourth-order valence-electron chi connectivity index (χ4n) is 3.50. The minimum atomic E-state index is 0.710. The molecule has 7 heteroatoms. The summed E-state index contributed by atoms with van der Waals surface area (Å²) in [7, 11) is 0. The molecule has 28 heavy (non-hydrogen) atoms. The number of thiophene rings is 1. The number of hydrogen-bond donors (Lipinski definition) is 0. The monoisotopic (exact) mass is 405 g/mol. The summed E-state index contributed by atoms with van der Waals surface area (Å²) >= 11 is 3.40. The van der Waals surface area contributed by atoms with Gasteiger partial charge in [-0.25, -0.2) is 4.98 Å². The van der Waals surface area contributed by atoms with E-state index in [0.717, 1.165) is 46.7 Å². The average Bonchev–Trinajstić information content (AvgIpc) is 3.47. The fourth-order valence-corrected chi connectivity index (χ4v) is 4.82. The number of nitrogens with zero attached hydrogens (tertiary/aromatic N) is 5. The van der Waals surface area contributed by atoms with Crippen molar-refractivity contribution in [2.24, 2.45) is 0 Å². The number of fused-ring (bicyclic) bond motifs is 1. The van der Waals surface area contributed by atoms with E-state index in [1.54, 1.807) is 22.7 Å². The van der Waals surface area contributed by atoms with Crippen LogP contribution in [-0.4, -0.2) is 31.2 Å². The zero-order chi connectivity index (χ0) is 19.1. The van der Waals surface area contributed by atoms with Gasteiger partial charge in [0.05, 0.1) is 11.6 Å². The molecule has 0 radical (unpaired) electrons. The standard InChI is InChI=1S/C21H19N5S2/c1-14(16-5-7-17(8-6-16)19-4-3-11-27-19)25-9-10-26-20(12-25)23-24-21(26)18-13-28-15(2)22-18/h3-8,11,13H,1,9-10,12H2,2H3. The van der Waals surface area contributed by atoms with Crippen molar-refractivity contribution in [3.63, 3.8) is 0 Å². The Bertz CT molecular complexity index is 1120. The first-order valence-electron chi connectivity index (χ1n) is 9.12. The van der Waals surface area contributed by atoms with Crippen LogP contribution in [0.15, 0.2) is 53.7 Å². The van der Waals surface area contributed by atoms with Gasteiger partial charge in [-0.05, 0) is 29.5 Å². The van der Waals surface area contributed by atoms with Crippen molar-refractivity contribution in [2.45, 2.75) is 20.0 Å². The van der Waals surface area contributed by atoms with E-state index in [4.69, 9.17) is 0 Å². The highest BCUT2D eigenvalue weighted by atomic mass is 32.1. The summed E-state index contributed by atoms with van der Waals surface area (Å²) in [6, 6.07) is 12.9. The van der Waals surface area contributed by atoms with Crippen molar-refractivity contribution in [3.05, 3.63) is 70.1 Å². The topological polar surface area (TPSA) is 46.8 Å². The highest BCUT2D eigenvalue weighted by Gasteiger charge is 2.24. The van der Waals surface area contributed by atoms with E-state index in [1.165, 1.54) is 10.4 Å². The predicted molar refractivity (Wildman–Crippen MR) is 115 cm³/mol. The van der Waals surface area contributed by atoms with Crippen LogP contribution in [0, 0.1) is 6.92 Å². The number of benzene rings is 1. The molecule has 0 atom stereocenters. The average molecular weight is 406 g/mol. The number of aromatic nitrogens is 4. The number of thiazole rings is 1. The zero-order valence-electron chi connectivity index (χ0n) is 15.5. The van der Waals surface area contributed by atoms with E-state index in [9.17, 15) is 0 Å². The first kappa shape index (κ1) is 17.3. The van der Waals surface area contributed by atoms with Crippen LogP contribution in [0.3, 0.4) is 0 Å². The Morgan fingerprint density at radius 2 is 1.93 bits per heavy atom. The van der Waals surface area contributed by atoms with E-state index in [0.29, 0.717) is 6.54 Å². The second-order valence-corrected chi connectivity index (χ2v) is 8.78. The van der Waals surface area contributed by atoms with Crippen LogP contribution in [0.2, 0.25) is 0 Å². The molecule has 0 amide bonds. The third kappa shape index (κ3) is 3.06. The quantitative estimate of drug-likeness (QED) is 0.483. The largest absolute Gasteiger partial charge is 0.362 e. The lowest BCUT2D eigenvalue weighted by Gasteiger charge is -2.31. The van der Waals surface area contributed by atoms with Gasteiger partial charge in [-0.1, -0.05) is 36.9 Å². The van der Waals surface area contributed by atoms with Gasteiger partial charge in [-0.3, -0.25) is 0 Å². The van der Waals surface area contributed by atoms with Crippen LogP contribution in [0.5, 0.6) is 0 Å². The molecular weight excluding hydrogens is 386 g/mol. The summed E-state index contributed by atoms with van der Waals surface area (Å²) in [6.45, 7) is 8.78. The van der Waals surface area contributed by atoms with E-state index in [-0.39, 0.29) is 0 Å². The van der Waals surface area contributed by atoms with Crippen molar-refractivity contribution >= 4 is 28.4 Å². The Labute approximate surface area is 171 Å². The molecule has 3 aromatic heterocycles. The normalized spacial score (nSPS) is 13.5. The van der Waals surface area contributed by atoms with Gasteiger partial charge in [0.1, 0.15) is 5.69 Å². The Morgan fingerprint density at radius 3 is 2.64 bits per heavy atom. The summed E-state index contributed by atoms with van der Waals surface area (Å²) in [5.74, 6) is 1.83. The molecule has 0 fully saturated rings. The van der Waals surface area contributed by atoms with Crippen LogP contribution < -0.4 is 0 Å². The van der Waals surface area contributed by atoms with Crippen molar-refractivity contribution in [1.29, 1.82) is 0 Å². The second-order valence-electron chi connectivity index (χ2n) is 6.77. The first-order chi connectivity index (χ1) is 13.7. The Morgan fingerprint density at radius 1 is 1.07 bits per heavy atom. The van der Waals surface area contributed by atoms with Crippen LogP contribution >= 0.6 is 22.7 Å².